The number of fused-ring (bicyclic) bond motifs is 2. The third-order valence-electron chi connectivity index (χ3n) is 6.88. The monoisotopic (exact) mass is 464 g/mol. The molecule has 0 spiro atoms. The van der Waals surface area contributed by atoms with E-state index in [1.165, 1.54) is 10.9 Å². The van der Waals surface area contributed by atoms with Crippen LogP contribution < -0.4 is 11.1 Å². The Morgan fingerprint density at radius 3 is 2.91 bits per heavy atom. The van der Waals surface area contributed by atoms with Gasteiger partial charge in [-0.2, -0.15) is 5.10 Å². The van der Waals surface area contributed by atoms with Gasteiger partial charge in [0.15, 0.2) is 0 Å². The van der Waals surface area contributed by atoms with E-state index in [1.807, 2.05) is 10.9 Å². The van der Waals surface area contributed by atoms with Crippen molar-refractivity contribution in [2.24, 2.45) is 5.73 Å². The van der Waals surface area contributed by atoms with Crippen molar-refractivity contribution in [3.63, 3.8) is 0 Å². The van der Waals surface area contributed by atoms with Crippen molar-refractivity contribution in [1.29, 1.82) is 0 Å². The van der Waals surface area contributed by atoms with Gasteiger partial charge in [0.25, 0.3) is 0 Å². The number of ether oxygens (including phenoxy) is 1. The summed E-state index contributed by atoms with van der Waals surface area (Å²) in [5, 5.41) is 9.64. The molecule has 0 unspecified atom stereocenters. The van der Waals surface area contributed by atoms with E-state index in [0.717, 1.165) is 67.2 Å². The predicted octanol–water partition coefficient (Wildman–Crippen LogP) is 4.78. The maximum Gasteiger partial charge on any atom is 0.223 e. The molecule has 1 aromatic carbocycles. The van der Waals surface area contributed by atoms with Crippen molar-refractivity contribution in [2.75, 3.05) is 11.9 Å². The molecule has 3 aromatic rings. The van der Waals surface area contributed by atoms with Crippen molar-refractivity contribution >= 4 is 24.9 Å². The number of anilines is 1. The molecule has 2 heterocycles. The van der Waals surface area contributed by atoms with Crippen molar-refractivity contribution in [2.45, 2.75) is 83.0 Å². The van der Waals surface area contributed by atoms with E-state index in [4.69, 9.17) is 20.6 Å². The van der Waals surface area contributed by atoms with Crippen LogP contribution in [0.3, 0.4) is 0 Å². The number of hydrogen-bond donors (Lipinski definition) is 2. The van der Waals surface area contributed by atoms with Crippen LogP contribution in [0.2, 0.25) is 25.7 Å². The predicted molar refractivity (Wildman–Crippen MR) is 136 cm³/mol. The van der Waals surface area contributed by atoms with Gasteiger partial charge in [-0.3, -0.25) is 0 Å². The molecule has 2 aliphatic rings. The van der Waals surface area contributed by atoms with Gasteiger partial charge in [-0.05, 0) is 50.3 Å². The Morgan fingerprint density at radius 2 is 2.12 bits per heavy atom. The second-order valence-electron chi connectivity index (χ2n) is 11.3. The highest BCUT2D eigenvalue weighted by Gasteiger charge is 2.30. The van der Waals surface area contributed by atoms with Gasteiger partial charge in [0.05, 0.1) is 16.9 Å². The lowest BCUT2D eigenvalue weighted by Crippen LogP contribution is -2.45. The molecule has 0 radical (unpaired) electrons. The van der Waals surface area contributed by atoms with E-state index in [1.54, 1.807) is 0 Å². The summed E-state index contributed by atoms with van der Waals surface area (Å²) >= 11 is 0. The minimum absolute atomic E-state index is 0.124. The summed E-state index contributed by atoms with van der Waals surface area (Å²) in [6, 6.07) is 7.79. The third kappa shape index (κ3) is 4.83. The average Bonchev–Trinajstić information content (AvgIpc) is 3.11. The molecule has 2 atom stereocenters. The molecule has 0 amide bonds. The van der Waals surface area contributed by atoms with Crippen molar-refractivity contribution in [1.82, 2.24) is 19.7 Å². The van der Waals surface area contributed by atoms with Gasteiger partial charge in [0.1, 0.15) is 6.73 Å². The Hall–Kier alpha value is -2.29. The zero-order valence-corrected chi connectivity index (χ0v) is 21.3. The summed E-state index contributed by atoms with van der Waals surface area (Å²) in [5.74, 6) is 0.677. The van der Waals surface area contributed by atoms with Crippen LogP contribution in [0, 0.1) is 0 Å². The second-order valence-corrected chi connectivity index (χ2v) is 17.0. The van der Waals surface area contributed by atoms with E-state index in [-0.39, 0.29) is 5.54 Å². The first-order chi connectivity index (χ1) is 15.7. The highest BCUT2D eigenvalue weighted by atomic mass is 28.3. The first-order valence-electron chi connectivity index (χ1n) is 12.2. The van der Waals surface area contributed by atoms with Crippen molar-refractivity contribution in [3.05, 3.63) is 35.5 Å². The molecule has 1 saturated carbocycles. The van der Waals surface area contributed by atoms with Crippen LogP contribution in [0.15, 0.2) is 24.4 Å². The molecule has 2 aromatic heterocycles. The van der Waals surface area contributed by atoms with Gasteiger partial charge in [0.2, 0.25) is 5.95 Å². The molecule has 176 valence electrons. The van der Waals surface area contributed by atoms with Crippen LogP contribution in [0.25, 0.3) is 22.3 Å². The second kappa shape index (κ2) is 8.49. The Kier molecular flexibility index (Phi) is 5.79. The maximum absolute atomic E-state index is 6.42. The van der Waals surface area contributed by atoms with Crippen LogP contribution in [-0.2, 0) is 17.9 Å². The van der Waals surface area contributed by atoms with E-state index < -0.39 is 8.07 Å². The number of nitrogens with one attached hydrogen (secondary N) is 1. The zero-order valence-electron chi connectivity index (χ0n) is 20.3. The number of aromatic nitrogens is 4. The minimum Gasteiger partial charge on any atom is -0.360 e. The topological polar surface area (TPSA) is 90.9 Å². The van der Waals surface area contributed by atoms with E-state index in [2.05, 4.69) is 55.1 Å². The Balaban J connectivity index is 1.45. The van der Waals surface area contributed by atoms with E-state index >= 15 is 0 Å². The summed E-state index contributed by atoms with van der Waals surface area (Å²) < 4.78 is 8.07. The molecule has 0 bridgehead atoms. The van der Waals surface area contributed by atoms with Gasteiger partial charge in [-0.15, -0.1) is 0 Å². The van der Waals surface area contributed by atoms with Gasteiger partial charge in [-0.25, -0.2) is 14.6 Å². The van der Waals surface area contributed by atoms with Crippen LogP contribution >= 0.6 is 0 Å². The number of nitrogens with zero attached hydrogens (tertiary/aromatic N) is 4. The fourth-order valence-corrected chi connectivity index (χ4v) is 5.86. The molecule has 0 saturated heterocycles. The van der Waals surface area contributed by atoms with Gasteiger partial charge < -0.3 is 15.8 Å². The minimum atomic E-state index is -1.14. The summed E-state index contributed by atoms with van der Waals surface area (Å²) in [6.07, 6.45) is 7.03. The highest BCUT2D eigenvalue weighted by Crippen LogP contribution is 2.39. The lowest BCUT2D eigenvalue weighted by molar-refractivity contribution is 0.0802. The average molecular weight is 465 g/mol. The molecule has 1 fully saturated rings. The lowest BCUT2D eigenvalue weighted by atomic mass is 9.81. The highest BCUT2D eigenvalue weighted by molar-refractivity contribution is 6.76. The summed E-state index contributed by atoms with van der Waals surface area (Å²) in [6.45, 7) is 10.5. The zero-order chi connectivity index (χ0) is 23.2. The Labute approximate surface area is 197 Å². The van der Waals surface area contributed by atoms with Gasteiger partial charge >= 0.3 is 0 Å². The molecule has 5 rings (SSSR count). The van der Waals surface area contributed by atoms with Gasteiger partial charge in [-0.1, -0.05) is 31.8 Å². The molecule has 2 aliphatic carbocycles. The SMILES string of the molecule is C[C@]1(N)CCC[C@@H](Nc2ncc3c(n2)-c2c4c(cccc4nn2COCC[Si](C)(C)C)C3)C1. The molecular weight excluding hydrogens is 428 g/mol. The van der Waals surface area contributed by atoms with Crippen molar-refractivity contribution in [3.8, 4) is 11.4 Å². The first-order valence-corrected chi connectivity index (χ1v) is 15.9. The number of benzene rings is 1. The summed E-state index contributed by atoms with van der Waals surface area (Å²) in [7, 11) is -1.14. The fraction of sp³-hybridized carbons (Fsp3) is 0.560. The fourth-order valence-electron chi connectivity index (χ4n) is 5.10. The molecule has 3 N–H and O–H groups in total. The maximum atomic E-state index is 6.42. The van der Waals surface area contributed by atoms with Crippen molar-refractivity contribution < 1.29 is 4.74 Å². The molecular formula is C25H36N6OSi. The lowest BCUT2D eigenvalue weighted by Gasteiger charge is -2.35. The Bertz CT molecular complexity index is 1170. The quantitative estimate of drug-likeness (QED) is 0.302. The van der Waals surface area contributed by atoms with E-state index in [9.17, 15) is 0 Å². The molecule has 33 heavy (non-hydrogen) atoms. The number of nitrogens with two attached hydrogens (primary N) is 1. The van der Waals surface area contributed by atoms with E-state index in [0.29, 0.717) is 18.7 Å². The largest absolute Gasteiger partial charge is 0.360 e. The summed E-state index contributed by atoms with van der Waals surface area (Å²) in [4.78, 5) is 9.67. The molecule has 8 heteroatoms. The number of hydrogen-bond acceptors (Lipinski definition) is 6. The third-order valence-corrected chi connectivity index (χ3v) is 8.58. The summed E-state index contributed by atoms with van der Waals surface area (Å²) in [5.41, 5.74) is 11.7. The normalized spacial score (nSPS) is 22.4. The van der Waals surface area contributed by atoms with Crippen LogP contribution in [0.1, 0.15) is 43.7 Å². The van der Waals surface area contributed by atoms with Crippen LogP contribution in [0.5, 0.6) is 0 Å². The smallest absolute Gasteiger partial charge is 0.223 e. The Morgan fingerprint density at radius 1 is 1.27 bits per heavy atom. The molecule has 0 aliphatic heterocycles. The first kappa shape index (κ1) is 22.5. The van der Waals surface area contributed by atoms with Crippen LogP contribution in [0.4, 0.5) is 5.95 Å². The number of rotatable bonds is 7. The van der Waals surface area contributed by atoms with Crippen LogP contribution in [-0.4, -0.2) is 46.0 Å². The standard InChI is InChI=1S/C25H36N6OSi/c1-25(26)10-6-8-19(14-25)28-24-27-15-18-13-17-7-5-9-20-21(17)23(22(18)29-24)31(30-20)16-32-11-12-33(2,3)4/h5,7,9,15,19H,6,8,10-14,16,26H2,1-4H3,(H,27,28,29)/t19-,25+/m1/s1. The molecule has 7 nitrogen and oxygen atoms in total. The van der Waals surface area contributed by atoms with Gasteiger partial charge in [0, 0.05) is 49.8 Å².